The highest BCUT2D eigenvalue weighted by molar-refractivity contribution is 7.99. The zero-order valence-electron chi connectivity index (χ0n) is 16.7. The summed E-state index contributed by atoms with van der Waals surface area (Å²) in [6.45, 7) is 6.47. The van der Waals surface area contributed by atoms with Crippen molar-refractivity contribution >= 4 is 47.4 Å². The molecule has 0 spiro atoms. The molecule has 2 aromatic rings. The number of halogens is 1. The van der Waals surface area contributed by atoms with Crippen molar-refractivity contribution < 1.29 is 9.59 Å². The van der Waals surface area contributed by atoms with Crippen molar-refractivity contribution in [2.45, 2.75) is 42.5 Å². The van der Waals surface area contributed by atoms with Gasteiger partial charge in [0, 0.05) is 27.9 Å². The van der Waals surface area contributed by atoms with Crippen LogP contribution in [0.2, 0.25) is 0 Å². The fraction of sp³-hybridized carbons (Fsp3) is 0.364. The Balaban J connectivity index is 0.00000240. The summed E-state index contributed by atoms with van der Waals surface area (Å²) >= 11 is 1.63. The van der Waals surface area contributed by atoms with Gasteiger partial charge in [0.2, 0.25) is 0 Å². The first-order valence-corrected chi connectivity index (χ1v) is 10.6. The summed E-state index contributed by atoms with van der Waals surface area (Å²) in [6, 6.07) is 13.7. The number of anilines is 2. The van der Waals surface area contributed by atoms with Crippen molar-refractivity contribution in [1.82, 2.24) is 10.2 Å². The van der Waals surface area contributed by atoms with E-state index >= 15 is 0 Å². The number of ketones is 1. The number of para-hydroxylation sites is 1. The molecule has 7 heteroatoms. The Morgan fingerprint density at radius 1 is 1.14 bits per heavy atom. The number of likely N-dealkylation sites (tertiary alicyclic amines) is 1. The van der Waals surface area contributed by atoms with Gasteiger partial charge < -0.3 is 5.32 Å². The molecule has 2 amide bonds. The molecule has 1 unspecified atom stereocenters. The van der Waals surface area contributed by atoms with Gasteiger partial charge >= 0.3 is 6.03 Å². The molecule has 1 atom stereocenters. The van der Waals surface area contributed by atoms with Crippen LogP contribution in [0.15, 0.2) is 52.3 Å². The lowest BCUT2D eigenvalue weighted by molar-refractivity contribution is 0.101. The number of urea groups is 1. The van der Waals surface area contributed by atoms with Crippen LogP contribution in [0.4, 0.5) is 16.2 Å². The van der Waals surface area contributed by atoms with Gasteiger partial charge in [-0.3, -0.25) is 14.6 Å². The minimum Gasteiger partial charge on any atom is -0.336 e. The zero-order chi connectivity index (χ0) is 19.7. The van der Waals surface area contributed by atoms with Gasteiger partial charge in [0.1, 0.15) is 0 Å². The molecule has 1 saturated heterocycles. The SMILES string of the molecule is CCN1CCCC1CNC(=O)N1c2ccccc2Sc2ccc(C(C)=O)cc21.Cl. The third-order valence-electron chi connectivity index (χ3n) is 5.53. The standard InChI is InChI=1S/C22H25N3O2S.ClH/c1-3-24-12-6-7-17(24)14-23-22(27)25-18-8-4-5-9-20(18)28-21-11-10-16(15(2)26)13-19(21)25;/h4-5,8-11,13,17H,3,6-7,12,14H2,1-2H3,(H,23,27);1H. The number of likely N-dealkylation sites (N-methyl/N-ethyl adjacent to an activating group) is 1. The van der Waals surface area contributed by atoms with Gasteiger partial charge in [-0.15, -0.1) is 12.4 Å². The second-order valence-electron chi connectivity index (χ2n) is 7.25. The largest absolute Gasteiger partial charge is 0.336 e. The molecule has 2 heterocycles. The first-order chi connectivity index (χ1) is 13.6. The van der Waals surface area contributed by atoms with Gasteiger partial charge in [0.25, 0.3) is 0 Å². The molecule has 5 nitrogen and oxygen atoms in total. The summed E-state index contributed by atoms with van der Waals surface area (Å²) in [5, 5.41) is 3.14. The van der Waals surface area contributed by atoms with E-state index in [1.165, 1.54) is 6.42 Å². The van der Waals surface area contributed by atoms with Gasteiger partial charge in [-0.1, -0.05) is 36.9 Å². The lowest BCUT2D eigenvalue weighted by Gasteiger charge is -2.32. The molecule has 0 saturated carbocycles. The van der Waals surface area contributed by atoms with Crippen LogP contribution >= 0.6 is 24.2 Å². The maximum absolute atomic E-state index is 13.3. The number of benzene rings is 2. The Bertz CT molecular complexity index is 921. The third kappa shape index (κ3) is 4.29. The minimum atomic E-state index is -0.141. The molecule has 0 bridgehead atoms. The van der Waals surface area contributed by atoms with Crippen molar-refractivity contribution in [2.75, 3.05) is 24.5 Å². The van der Waals surface area contributed by atoms with Gasteiger partial charge in [-0.2, -0.15) is 0 Å². The van der Waals surface area contributed by atoms with Gasteiger partial charge in [0.05, 0.1) is 11.4 Å². The Morgan fingerprint density at radius 3 is 2.66 bits per heavy atom. The summed E-state index contributed by atoms with van der Waals surface area (Å²) < 4.78 is 0. The molecule has 2 aliphatic rings. The third-order valence-corrected chi connectivity index (χ3v) is 6.66. The minimum absolute atomic E-state index is 0. The fourth-order valence-electron chi connectivity index (χ4n) is 4.02. The van der Waals surface area contributed by atoms with Crippen LogP contribution in [0.5, 0.6) is 0 Å². The monoisotopic (exact) mass is 431 g/mol. The zero-order valence-corrected chi connectivity index (χ0v) is 18.3. The van der Waals surface area contributed by atoms with E-state index in [9.17, 15) is 9.59 Å². The highest BCUT2D eigenvalue weighted by atomic mass is 35.5. The maximum Gasteiger partial charge on any atom is 0.326 e. The van der Waals surface area contributed by atoms with E-state index < -0.39 is 0 Å². The molecule has 0 aliphatic carbocycles. The van der Waals surface area contributed by atoms with Crippen LogP contribution in [0.25, 0.3) is 0 Å². The number of hydrogen-bond donors (Lipinski definition) is 1. The first-order valence-electron chi connectivity index (χ1n) is 9.82. The quantitative estimate of drug-likeness (QED) is 0.683. The highest BCUT2D eigenvalue weighted by Crippen LogP contribution is 2.48. The fourth-order valence-corrected chi connectivity index (χ4v) is 5.06. The Morgan fingerprint density at radius 2 is 1.90 bits per heavy atom. The lowest BCUT2D eigenvalue weighted by atomic mass is 10.1. The molecule has 4 rings (SSSR count). The van der Waals surface area contributed by atoms with E-state index in [1.807, 2.05) is 42.5 Å². The molecule has 0 radical (unpaired) electrons. The number of nitrogens with zero attached hydrogens (tertiary/aromatic N) is 2. The molecule has 1 fully saturated rings. The number of Topliss-reactive ketones (excluding diaryl/α,β-unsaturated/α-hetero) is 1. The van der Waals surface area contributed by atoms with Crippen molar-refractivity contribution in [3.8, 4) is 0 Å². The topological polar surface area (TPSA) is 52.7 Å². The molecule has 2 aliphatic heterocycles. The molecule has 154 valence electrons. The average molecular weight is 432 g/mol. The average Bonchev–Trinajstić information content (AvgIpc) is 3.17. The molecular formula is C22H26ClN3O2S. The van der Waals surface area contributed by atoms with E-state index in [-0.39, 0.29) is 24.2 Å². The second kappa shape index (κ2) is 9.20. The van der Waals surface area contributed by atoms with Crippen molar-refractivity contribution in [3.05, 3.63) is 48.0 Å². The van der Waals surface area contributed by atoms with E-state index in [0.717, 1.165) is 40.7 Å². The predicted molar refractivity (Wildman–Crippen MR) is 120 cm³/mol. The summed E-state index contributed by atoms with van der Waals surface area (Å²) in [5.41, 5.74) is 2.24. The van der Waals surface area contributed by atoms with E-state index in [2.05, 4.69) is 17.1 Å². The van der Waals surface area contributed by atoms with E-state index in [0.29, 0.717) is 18.2 Å². The lowest BCUT2D eigenvalue weighted by Crippen LogP contribution is -2.45. The summed E-state index contributed by atoms with van der Waals surface area (Å²) in [6.07, 6.45) is 2.30. The van der Waals surface area contributed by atoms with Crippen molar-refractivity contribution in [3.63, 3.8) is 0 Å². The smallest absolute Gasteiger partial charge is 0.326 e. The van der Waals surface area contributed by atoms with Crippen LogP contribution in [-0.4, -0.2) is 42.4 Å². The summed E-state index contributed by atoms with van der Waals surface area (Å²) in [7, 11) is 0. The number of nitrogens with one attached hydrogen (secondary N) is 1. The van der Waals surface area contributed by atoms with Gasteiger partial charge in [0.15, 0.2) is 5.78 Å². The second-order valence-corrected chi connectivity index (χ2v) is 8.34. The normalized spacial score (nSPS) is 17.9. The Kier molecular flexibility index (Phi) is 6.88. The molecular weight excluding hydrogens is 406 g/mol. The number of fused-ring (bicyclic) bond motifs is 2. The summed E-state index contributed by atoms with van der Waals surface area (Å²) in [5.74, 6) is -0.00319. The first kappa shape index (κ1) is 21.7. The van der Waals surface area contributed by atoms with Crippen LogP contribution in [-0.2, 0) is 0 Å². The van der Waals surface area contributed by atoms with Crippen molar-refractivity contribution in [1.29, 1.82) is 0 Å². The van der Waals surface area contributed by atoms with Gasteiger partial charge in [-0.05, 0) is 57.1 Å². The predicted octanol–water partition coefficient (Wildman–Crippen LogP) is 5.11. The maximum atomic E-state index is 13.3. The number of amides is 2. The van der Waals surface area contributed by atoms with Crippen molar-refractivity contribution in [2.24, 2.45) is 0 Å². The Hall–Kier alpha value is -2.02. The van der Waals surface area contributed by atoms with Crippen LogP contribution < -0.4 is 10.2 Å². The Labute approximate surface area is 182 Å². The van der Waals surface area contributed by atoms with Crippen LogP contribution in [0, 0.1) is 0 Å². The number of carbonyl (C=O) groups is 2. The summed E-state index contributed by atoms with van der Waals surface area (Å²) in [4.78, 5) is 31.3. The highest BCUT2D eigenvalue weighted by Gasteiger charge is 2.30. The van der Waals surface area contributed by atoms with E-state index in [1.54, 1.807) is 23.6 Å². The number of rotatable bonds is 4. The van der Waals surface area contributed by atoms with E-state index in [4.69, 9.17) is 0 Å². The molecule has 1 N–H and O–H groups in total. The molecule has 29 heavy (non-hydrogen) atoms. The van der Waals surface area contributed by atoms with Gasteiger partial charge in [-0.25, -0.2) is 4.79 Å². The molecule has 0 aromatic heterocycles. The number of hydrogen-bond acceptors (Lipinski definition) is 4. The number of carbonyl (C=O) groups excluding carboxylic acids is 2. The van der Waals surface area contributed by atoms with Crippen LogP contribution in [0.1, 0.15) is 37.0 Å². The molecule has 2 aromatic carbocycles. The van der Waals surface area contributed by atoms with Crippen LogP contribution in [0.3, 0.4) is 0 Å².